The molecule has 26 heavy (non-hydrogen) atoms. The Morgan fingerprint density at radius 2 is 1.73 bits per heavy atom. The van der Waals surface area contributed by atoms with Crippen LogP contribution in [-0.2, 0) is 4.79 Å². The fourth-order valence-electron chi connectivity index (χ4n) is 2.41. The molecule has 2 N–H and O–H groups in total. The fraction of sp³-hybridized carbons (Fsp3) is 0.158. The van der Waals surface area contributed by atoms with Gasteiger partial charge in [-0.3, -0.25) is 14.7 Å². The predicted molar refractivity (Wildman–Crippen MR) is 103 cm³/mol. The van der Waals surface area contributed by atoms with Crippen molar-refractivity contribution in [1.29, 1.82) is 0 Å². The highest BCUT2D eigenvalue weighted by atomic mass is 79.9. The van der Waals surface area contributed by atoms with Gasteiger partial charge in [0.05, 0.1) is 0 Å². The van der Waals surface area contributed by atoms with Crippen molar-refractivity contribution < 1.29 is 9.59 Å². The SMILES string of the molecule is Cc1nc(-c2ccc(NC(=O)CCC(=O)c3ccc(Br)cc3)cc2)n[nH]1. The minimum absolute atomic E-state index is 0.0528. The third-order valence-electron chi connectivity index (χ3n) is 3.77. The summed E-state index contributed by atoms with van der Waals surface area (Å²) in [6.45, 7) is 1.83. The van der Waals surface area contributed by atoms with E-state index in [2.05, 4.69) is 36.4 Å². The molecule has 0 fully saturated rings. The first-order valence-corrected chi connectivity index (χ1v) is 8.88. The Bertz CT molecular complexity index is 917. The van der Waals surface area contributed by atoms with Gasteiger partial charge in [0.1, 0.15) is 5.82 Å². The average molecular weight is 413 g/mol. The number of rotatable bonds is 6. The van der Waals surface area contributed by atoms with Crippen LogP contribution in [0.4, 0.5) is 5.69 Å². The van der Waals surface area contributed by atoms with Gasteiger partial charge in [-0.25, -0.2) is 4.98 Å². The van der Waals surface area contributed by atoms with E-state index in [0.29, 0.717) is 17.1 Å². The Labute approximate surface area is 159 Å². The number of ketones is 1. The van der Waals surface area contributed by atoms with Crippen molar-refractivity contribution >= 4 is 33.3 Å². The summed E-state index contributed by atoms with van der Waals surface area (Å²) in [4.78, 5) is 28.4. The number of aryl methyl sites for hydroxylation is 1. The molecule has 0 unspecified atom stereocenters. The largest absolute Gasteiger partial charge is 0.326 e. The second kappa shape index (κ2) is 8.05. The minimum atomic E-state index is -0.197. The van der Waals surface area contributed by atoms with E-state index < -0.39 is 0 Å². The average Bonchev–Trinajstić information content (AvgIpc) is 3.07. The van der Waals surface area contributed by atoms with E-state index in [1.807, 2.05) is 31.2 Å². The van der Waals surface area contributed by atoms with E-state index in [9.17, 15) is 9.59 Å². The van der Waals surface area contributed by atoms with Crippen molar-refractivity contribution in [2.45, 2.75) is 19.8 Å². The Kier molecular flexibility index (Phi) is 5.58. The van der Waals surface area contributed by atoms with E-state index in [4.69, 9.17) is 0 Å². The van der Waals surface area contributed by atoms with Gasteiger partial charge in [0.15, 0.2) is 11.6 Å². The van der Waals surface area contributed by atoms with Gasteiger partial charge in [0.25, 0.3) is 0 Å². The van der Waals surface area contributed by atoms with Gasteiger partial charge in [0.2, 0.25) is 5.91 Å². The Morgan fingerprint density at radius 1 is 1.04 bits per heavy atom. The van der Waals surface area contributed by atoms with Gasteiger partial charge >= 0.3 is 0 Å². The number of hydrogen-bond acceptors (Lipinski definition) is 4. The highest BCUT2D eigenvalue weighted by molar-refractivity contribution is 9.10. The number of Topliss-reactive ketones (excluding diaryl/α,β-unsaturated/α-hetero) is 1. The molecule has 0 aliphatic carbocycles. The molecule has 1 aromatic heterocycles. The molecule has 0 bridgehead atoms. The molecular weight excluding hydrogens is 396 g/mol. The molecule has 132 valence electrons. The lowest BCUT2D eigenvalue weighted by atomic mass is 10.1. The summed E-state index contributed by atoms with van der Waals surface area (Å²) in [7, 11) is 0. The lowest BCUT2D eigenvalue weighted by Gasteiger charge is -2.06. The number of aromatic amines is 1. The number of carbonyl (C=O) groups is 2. The molecular formula is C19H17BrN4O2. The number of anilines is 1. The first-order chi connectivity index (χ1) is 12.5. The third kappa shape index (κ3) is 4.64. The maximum atomic E-state index is 12.1. The summed E-state index contributed by atoms with van der Waals surface area (Å²) in [5.74, 6) is 1.10. The van der Waals surface area contributed by atoms with Gasteiger partial charge in [-0.1, -0.05) is 28.1 Å². The topological polar surface area (TPSA) is 87.7 Å². The molecule has 0 spiro atoms. The van der Waals surface area contributed by atoms with Crippen LogP contribution >= 0.6 is 15.9 Å². The second-order valence-corrected chi connectivity index (χ2v) is 6.72. The fourth-order valence-corrected chi connectivity index (χ4v) is 2.67. The van der Waals surface area contributed by atoms with Crippen LogP contribution in [0.3, 0.4) is 0 Å². The standard InChI is InChI=1S/C19H17BrN4O2/c1-12-21-19(24-23-12)14-4-8-16(9-5-14)22-18(26)11-10-17(25)13-2-6-15(20)7-3-13/h2-9H,10-11H2,1H3,(H,22,26)(H,21,23,24). The van der Waals surface area contributed by atoms with Crippen molar-refractivity contribution in [2.24, 2.45) is 0 Å². The Hall–Kier alpha value is -2.80. The van der Waals surface area contributed by atoms with Crippen LogP contribution in [0.1, 0.15) is 29.0 Å². The highest BCUT2D eigenvalue weighted by Crippen LogP contribution is 2.18. The molecule has 0 aliphatic rings. The van der Waals surface area contributed by atoms with Gasteiger partial charge in [-0.05, 0) is 43.3 Å². The number of nitrogens with zero attached hydrogens (tertiary/aromatic N) is 2. The third-order valence-corrected chi connectivity index (χ3v) is 4.30. The number of halogens is 1. The van der Waals surface area contributed by atoms with Crippen LogP contribution in [0.2, 0.25) is 0 Å². The monoisotopic (exact) mass is 412 g/mol. The molecule has 0 saturated heterocycles. The summed E-state index contributed by atoms with van der Waals surface area (Å²) in [6, 6.07) is 14.4. The molecule has 0 aliphatic heterocycles. The van der Waals surface area contributed by atoms with Crippen LogP contribution in [0.5, 0.6) is 0 Å². The number of nitrogens with one attached hydrogen (secondary N) is 2. The van der Waals surface area contributed by atoms with Crippen LogP contribution in [0, 0.1) is 6.92 Å². The molecule has 0 radical (unpaired) electrons. The number of hydrogen-bond donors (Lipinski definition) is 2. The van der Waals surface area contributed by atoms with Crippen LogP contribution in [0.15, 0.2) is 53.0 Å². The first kappa shape index (κ1) is 18.0. The molecule has 3 rings (SSSR count). The summed E-state index contributed by atoms with van der Waals surface area (Å²) in [5.41, 5.74) is 2.13. The molecule has 2 aromatic carbocycles. The number of carbonyl (C=O) groups excluding carboxylic acids is 2. The van der Waals surface area contributed by atoms with Crippen molar-refractivity contribution in [3.05, 3.63) is 64.4 Å². The summed E-state index contributed by atoms with van der Waals surface area (Å²) in [5, 5.41) is 9.68. The lowest BCUT2D eigenvalue weighted by Crippen LogP contribution is -2.13. The second-order valence-electron chi connectivity index (χ2n) is 5.80. The van der Waals surface area contributed by atoms with Crippen molar-refractivity contribution in [1.82, 2.24) is 15.2 Å². The number of H-pyrrole nitrogens is 1. The number of amides is 1. The molecule has 1 amide bonds. The zero-order valence-corrected chi connectivity index (χ0v) is 15.7. The number of aromatic nitrogens is 3. The number of benzene rings is 2. The van der Waals surface area contributed by atoms with Crippen LogP contribution in [0.25, 0.3) is 11.4 Å². The van der Waals surface area contributed by atoms with Crippen molar-refractivity contribution in [3.63, 3.8) is 0 Å². The zero-order valence-electron chi connectivity index (χ0n) is 14.1. The quantitative estimate of drug-likeness (QED) is 0.595. The van der Waals surface area contributed by atoms with Gasteiger partial charge < -0.3 is 5.32 Å². The molecule has 0 saturated carbocycles. The van der Waals surface area contributed by atoms with E-state index in [0.717, 1.165) is 15.9 Å². The normalized spacial score (nSPS) is 10.5. The van der Waals surface area contributed by atoms with E-state index >= 15 is 0 Å². The Balaban J connectivity index is 1.53. The van der Waals surface area contributed by atoms with Crippen molar-refractivity contribution in [3.8, 4) is 11.4 Å². The summed E-state index contributed by atoms with van der Waals surface area (Å²) < 4.78 is 0.912. The molecule has 6 nitrogen and oxygen atoms in total. The smallest absolute Gasteiger partial charge is 0.224 e. The minimum Gasteiger partial charge on any atom is -0.326 e. The summed E-state index contributed by atoms with van der Waals surface area (Å²) >= 11 is 3.33. The maximum absolute atomic E-state index is 12.1. The zero-order chi connectivity index (χ0) is 18.5. The first-order valence-electron chi connectivity index (χ1n) is 8.09. The van der Waals surface area contributed by atoms with E-state index in [-0.39, 0.29) is 24.5 Å². The van der Waals surface area contributed by atoms with Gasteiger partial charge in [0, 0.05) is 34.1 Å². The highest BCUT2D eigenvalue weighted by Gasteiger charge is 2.10. The predicted octanol–water partition coefficient (Wildman–Crippen LogP) is 4.14. The molecule has 1 heterocycles. The van der Waals surface area contributed by atoms with Crippen molar-refractivity contribution in [2.75, 3.05) is 5.32 Å². The summed E-state index contributed by atoms with van der Waals surface area (Å²) in [6.07, 6.45) is 0.304. The van der Waals surface area contributed by atoms with Crippen LogP contribution in [-0.4, -0.2) is 26.9 Å². The molecule has 7 heteroatoms. The van der Waals surface area contributed by atoms with E-state index in [1.54, 1.807) is 24.3 Å². The molecule has 3 aromatic rings. The lowest BCUT2D eigenvalue weighted by molar-refractivity contribution is -0.116. The van der Waals surface area contributed by atoms with Gasteiger partial charge in [-0.15, -0.1) is 0 Å². The molecule has 0 atom stereocenters. The Morgan fingerprint density at radius 3 is 2.35 bits per heavy atom. The maximum Gasteiger partial charge on any atom is 0.224 e. The van der Waals surface area contributed by atoms with Gasteiger partial charge in [-0.2, -0.15) is 5.10 Å². The van der Waals surface area contributed by atoms with E-state index in [1.165, 1.54) is 0 Å². The van der Waals surface area contributed by atoms with Crippen LogP contribution < -0.4 is 5.32 Å².